The van der Waals surface area contributed by atoms with Crippen molar-refractivity contribution in [2.45, 2.75) is 46.0 Å². The van der Waals surface area contributed by atoms with E-state index in [2.05, 4.69) is 25.2 Å². The Bertz CT molecular complexity index is 970. The minimum absolute atomic E-state index is 0.0544. The van der Waals surface area contributed by atoms with E-state index in [0.29, 0.717) is 41.4 Å². The van der Waals surface area contributed by atoms with E-state index >= 15 is 0 Å². The van der Waals surface area contributed by atoms with Crippen molar-refractivity contribution in [2.75, 3.05) is 19.5 Å². The maximum atomic E-state index is 13.2. The topological polar surface area (TPSA) is 88.4 Å². The third kappa shape index (κ3) is 5.13. The number of thioether (sulfide) groups is 1. The van der Waals surface area contributed by atoms with Crippen LogP contribution in [0, 0.1) is 16.7 Å². The number of dihydropyridines is 1. The third-order valence-electron chi connectivity index (χ3n) is 5.38. The monoisotopic (exact) mass is 440 g/mol. The van der Waals surface area contributed by atoms with Gasteiger partial charge in [0.2, 0.25) is 0 Å². The molecule has 0 amide bonds. The molecule has 2 aliphatic rings. The average Bonchev–Trinajstić information content (AvgIpc) is 2.74. The molecule has 1 heterocycles. The van der Waals surface area contributed by atoms with Crippen molar-refractivity contribution in [3.8, 4) is 11.8 Å². The van der Waals surface area contributed by atoms with Crippen LogP contribution in [0.15, 0.2) is 46.1 Å². The summed E-state index contributed by atoms with van der Waals surface area (Å²) < 4.78 is 10.4. The first-order chi connectivity index (χ1) is 14.8. The number of ketones is 1. The van der Waals surface area contributed by atoms with Gasteiger partial charge in [-0.25, -0.2) is 0 Å². The van der Waals surface area contributed by atoms with Crippen LogP contribution in [0.1, 0.15) is 51.5 Å². The van der Waals surface area contributed by atoms with Crippen LogP contribution in [0.25, 0.3) is 0 Å². The van der Waals surface area contributed by atoms with Gasteiger partial charge in [-0.15, -0.1) is 0 Å². The molecular formula is C24H28N2O4S. The molecule has 1 aliphatic carbocycles. The van der Waals surface area contributed by atoms with E-state index < -0.39 is 5.92 Å². The Kier molecular flexibility index (Phi) is 7.11. The Labute approximate surface area is 187 Å². The van der Waals surface area contributed by atoms with Gasteiger partial charge in [-0.3, -0.25) is 9.59 Å². The lowest BCUT2D eigenvalue weighted by Crippen LogP contribution is -2.37. The molecule has 0 spiro atoms. The van der Waals surface area contributed by atoms with Gasteiger partial charge in [-0.2, -0.15) is 5.26 Å². The number of allylic oxidation sites excluding steroid dienone is 3. The fraction of sp³-hybridized carbons (Fsp3) is 0.458. The van der Waals surface area contributed by atoms with Crippen molar-refractivity contribution in [1.82, 2.24) is 5.32 Å². The number of Topliss-reactive ketones (excluding diaryl/α,β-unsaturated/α-hetero) is 1. The smallest absolute Gasteiger partial charge is 0.316 e. The van der Waals surface area contributed by atoms with Crippen LogP contribution in [0.2, 0.25) is 0 Å². The number of rotatable bonds is 7. The van der Waals surface area contributed by atoms with Gasteiger partial charge in [0.15, 0.2) is 5.78 Å². The predicted octanol–water partition coefficient (Wildman–Crippen LogP) is 4.45. The SMILES string of the molecule is CCCOC(=O)CSC1=C(C#N)[C@@H](c2ccc(OC)cc2)C2=C(CC(C)(C)CC2=O)N1. The van der Waals surface area contributed by atoms with E-state index in [-0.39, 0.29) is 22.9 Å². The highest BCUT2D eigenvalue weighted by atomic mass is 32.2. The van der Waals surface area contributed by atoms with E-state index in [1.165, 1.54) is 11.8 Å². The van der Waals surface area contributed by atoms with Crippen molar-refractivity contribution in [3.63, 3.8) is 0 Å². The molecular weight excluding hydrogens is 412 g/mol. The quantitative estimate of drug-likeness (QED) is 0.627. The lowest BCUT2D eigenvalue weighted by Gasteiger charge is -2.39. The number of carbonyl (C=O) groups excluding carboxylic acids is 2. The number of carbonyl (C=O) groups is 2. The first-order valence-electron chi connectivity index (χ1n) is 10.4. The van der Waals surface area contributed by atoms with Gasteiger partial charge < -0.3 is 14.8 Å². The molecule has 31 heavy (non-hydrogen) atoms. The molecule has 1 atom stereocenters. The number of hydrogen-bond acceptors (Lipinski definition) is 7. The maximum absolute atomic E-state index is 13.2. The molecule has 1 N–H and O–H groups in total. The summed E-state index contributed by atoms with van der Waals surface area (Å²) in [4.78, 5) is 25.2. The molecule has 0 radical (unpaired) electrons. The summed E-state index contributed by atoms with van der Waals surface area (Å²) in [6, 6.07) is 9.74. The summed E-state index contributed by atoms with van der Waals surface area (Å²) in [6.45, 7) is 6.45. The summed E-state index contributed by atoms with van der Waals surface area (Å²) in [5.41, 5.74) is 2.62. The summed E-state index contributed by atoms with van der Waals surface area (Å²) in [6.07, 6.45) is 1.89. The molecule has 0 bridgehead atoms. The zero-order valence-electron chi connectivity index (χ0n) is 18.4. The summed E-state index contributed by atoms with van der Waals surface area (Å²) in [7, 11) is 1.60. The first kappa shape index (κ1) is 23.0. The molecule has 0 unspecified atom stereocenters. The molecule has 3 rings (SSSR count). The minimum Gasteiger partial charge on any atom is -0.497 e. The van der Waals surface area contributed by atoms with Crippen molar-refractivity contribution in [3.05, 3.63) is 51.7 Å². The molecule has 164 valence electrons. The second-order valence-corrected chi connectivity index (χ2v) is 9.51. The molecule has 1 aliphatic heterocycles. The van der Waals surface area contributed by atoms with Crippen LogP contribution in [-0.4, -0.2) is 31.2 Å². The second kappa shape index (κ2) is 9.61. The van der Waals surface area contributed by atoms with Crippen LogP contribution < -0.4 is 10.1 Å². The summed E-state index contributed by atoms with van der Waals surface area (Å²) >= 11 is 1.25. The van der Waals surface area contributed by atoms with E-state index in [1.54, 1.807) is 7.11 Å². The third-order valence-corrected chi connectivity index (χ3v) is 6.37. The highest BCUT2D eigenvalue weighted by Crippen LogP contribution is 2.47. The minimum atomic E-state index is -0.468. The number of nitriles is 1. The van der Waals surface area contributed by atoms with Crippen LogP contribution in [0.3, 0.4) is 0 Å². The summed E-state index contributed by atoms with van der Waals surface area (Å²) in [5.74, 6) is 0.0738. The van der Waals surface area contributed by atoms with Gasteiger partial charge in [-0.1, -0.05) is 44.7 Å². The number of benzene rings is 1. The first-order valence-corrected chi connectivity index (χ1v) is 11.4. The van der Waals surface area contributed by atoms with Crippen molar-refractivity contribution in [2.24, 2.45) is 5.41 Å². The predicted molar refractivity (Wildman–Crippen MR) is 120 cm³/mol. The zero-order chi connectivity index (χ0) is 22.6. The normalized spacial score (nSPS) is 20.0. The fourth-order valence-electron chi connectivity index (χ4n) is 4.01. The number of nitrogens with one attached hydrogen (secondary N) is 1. The Morgan fingerprint density at radius 3 is 2.61 bits per heavy atom. The van der Waals surface area contributed by atoms with E-state index in [1.807, 2.05) is 31.2 Å². The Morgan fingerprint density at radius 2 is 2.00 bits per heavy atom. The van der Waals surface area contributed by atoms with E-state index in [9.17, 15) is 14.9 Å². The number of ether oxygens (including phenoxy) is 2. The highest BCUT2D eigenvalue weighted by molar-refractivity contribution is 8.03. The van der Waals surface area contributed by atoms with E-state index in [0.717, 1.165) is 17.7 Å². The Hall–Kier alpha value is -2.72. The average molecular weight is 441 g/mol. The molecule has 7 heteroatoms. The lowest BCUT2D eigenvalue weighted by atomic mass is 9.69. The van der Waals surface area contributed by atoms with Gasteiger partial charge in [0.1, 0.15) is 5.75 Å². The second-order valence-electron chi connectivity index (χ2n) is 8.53. The van der Waals surface area contributed by atoms with Crippen molar-refractivity contribution >= 4 is 23.5 Å². The molecule has 0 aromatic heterocycles. The van der Waals surface area contributed by atoms with Gasteiger partial charge in [-0.05, 0) is 36.0 Å². The number of esters is 1. The Balaban J connectivity index is 2.01. The molecule has 1 aromatic rings. The standard InChI is InChI=1S/C24H28N2O4S/c1-5-10-30-20(28)14-31-23-17(13-25)21(15-6-8-16(29-4)9-7-15)22-18(26-23)11-24(2,3)12-19(22)27/h6-9,21,26H,5,10-12,14H2,1-4H3/t21-/m1/s1. The fourth-order valence-corrected chi connectivity index (χ4v) is 4.87. The maximum Gasteiger partial charge on any atom is 0.316 e. The highest BCUT2D eigenvalue weighted by Gasteiger charge is 2.42. The van der Waals surface area contributed by atoms with Crippen LogP contribution in [-0.2, 0) is 14.3 Å². The molecule has 0 saturated heterocycles. The van der Waals surface area contributed by atoms with Gasteiger partial charge in [0.25, 0.3) is 0 Å². The van der Waals surface area contributed by atoms with Gasteiger partial charge >= 0.3 is 5.97 Å². The molecule has 1 aromatic carbocycles. The molecule has 0 fully saturated rings. The van der Waals surface area contributed by atoms with Crippen LogP contribution >= 0.6 is 11.8 Å². The Morgan fingerprint density at radius 1 is 1.29 bits per heavy atom. The van der Waals surface area contributed by atoms with Gasteiger partial charge in [0, 0.05) is 17.7 Å². The zero-order valence-corrected chi connectivity index (χ0v) is 19.2. The number of hydrogen-bond donors (Lipinski definition) is 1. The number of methoxy groups -OCH3 is 1. The van der Waals surface area contributed by atoms with Crippen LogP contribution in [0.4, 0.5) is 0 Å². The molecule has 0 saturated carbocycles. The number of nitrogens with zero attached hydrogens (tertiary/aromatic N) is 1. The van der Waals surface area contributed by atoms with E-state index in [4.69, 9.17) is 9.47 Å². The lowest BCUT2D eigenvalue weighted by molar-refractivity contribution is -0.140. The van der Waals surface area contributed by atoms with Crippen molar-refractivity contribution < 1.29 is 19.1 Å². The summed E-state index contributed by atoms with van der Waals surface area (Å²) in [5, 5.41) is 14.0. The van der Waals surface area contributed by atoms with Gasteiger partial charge in [0.05, 0.1) is 42.1 Å². The van der Waals surface area contributed by atoms with Crippen molar-refractivity contribution in [1.29, 1.82) is 5.26 Å². The van der Waals surface area contributed by atoms with Crippen LogP contribution in [0.5, 0.6) is 5.75 Å². The largest absolute Gasteiger partial charge is 0.497 e. The molecule has 6 nitrogen and oxygen atoms in total.